The van der Waals surface area contributed by atoms with Gasteiger partial charge in [-0.25, -0.2) is 0 Å². The zero-order valence-electron chi connectivity index (χ0n) is 31.3. The fraction of sp³-hybridized carbons (Fsp3) is 0.0909. The van der Waals surface area contributed by atoms with E-state index < -0.39 is 0 Å². The first-order chi connectivity index (χ1) is 28.3. The zero-order valence-corrected chi connectivity index (χ0v) is 32.9. The monoisotopic (exact) mass is 760 g/mol. The van der Waals surface area contributed by atoms with E-state index in [0.29, 0.717) is 0 Å². The van der Waals surface area contributed by atoms with Crippen LogP contribution in [-0.2, 0) is 5.41 Å². The van der Waals surface area contributed by atoms with Crippen molar-refractivity contribution in [3.8, 4) is 44.5 Å². The quantitative estimate of drug-likeness (QED) is 0.157. The fourth-order valence-corrected chi connectivity index (χ4v) is 13.5. The molecule has 2 aliphatic carbocycles. The number of benzene rings is 9. The van der Waals surface area contributed by atoms with Gasteiger partial charge in [0, 0.05) is 56.9 Å². The Morgan fingerprint density at radius 1 is 0.316 bits per heavy atom. The van der Waals surface area contributed by atoms with E-state index in [-0.39, 0.29) is 5.41 Å². The lowest BCUT2D eigenvalue weighted by Crippen LogP contribution is -2.20. The molecule has 9 aromatic carbocycles. The highest BCUT2D eigenvalue weighted by Gasteiger charge is 2.45. The molecule has 2 heterocycles. The van der Waals surface area contributed by atoms with Crippen molar-refractivity contribution >= 4 is 84.6 Å². The second kappa shape index (κ2) is 12.0. The maximum atomic E-state index is 2.53. The van der Waals surface area contributed by atoms with Crippen LogP contribution in [0.3, 0.4) is 0 Å². The van der Waals surface area contributed by atoms with Gasteiger partial charge >= 0.3 is 0 Å². The number of fused-ring (bicyclic) bond motifs is 13. The smallest absolute Gasteiger partial charge is 0.0434 e. The van der Waals surface area contributed by atoms with Crippen LogP contribution in [0.15, 0.2) is 170 Å². The predicted octanol–water partition coefficient (Wildman–Crippen LogP) is 16.6. The minimum atomic E-state index is 0.103. The van der Waals surface area contributed by atoms with Crippen LogP contribution in [0.1, 0.15) is 36.8 Å². The molecule has 268 valence electrons. The third kappa shape index (κ3) is 4.38. The van der Waals surface area contributed by atoms with Crippen LogP contribution < -0.4 is 0 Å². The minimum Gasteiger partial charge on any atom is -0.135 e. The molecule has 1 spiro atoms. The molecular formula is C55H36S2. The lowest BCUT2D eigenvalue weighted by Gasteiger charge is -2.27. The summed E-state index contributed by atoms with van der Waals surface area (Å²) in [6, 6.07) is 64.8. The molecule has 2 heteroatoms. The molecule has 0 amide bonds. The molecule has 0 saturated heterocycles. The van der Waals surface area contributed by atoms with Crippen molar-refractivity contribution in [1.29, 1.82) is 0 Å². The lowest BCUT2D eigenvalue weighted by atomic mass is 9.76. The van der Waals surface area contributed by atoms with Crippen LogP contribution in [0.2, 0.25) is 0 Å². The summed E-state index contributed by atoms with van der Waals surface area (Å²) in [5, 5.41) is 10.6. The van der Waals surface area contributed by atoms with Crippen LogP contribution in [0.4, 0.5) is 0 Å². The Morgan fingerprint density at radius 3 is 1.37 bits per heavy atom. The summed E-state index contributed by atoms with van der Waals surface area (Å²) in [4.78, 5) is 0. The summed E-state index contributed by atoms with van der Waals surface area (Å²) in [6.45, 7) is 0. The molecule has 0 atom stereocenters. The highest BCUT2D eigenvalue weighted by Crippen LogP contribution is 2.60. The van der Waals surface area contributed by atoms with Gasteiger partial charge in [0.25, 0.3) is 0 Å². The van der Waals surface area contributed by atoms with Crippen molar-refractivity contribution in [1.82, 2.24) is 0 Å². The molecule has 0 radical (unpaired) electrons. The largest absolute Gasteiger partial charge is 0.135 e. The second-order valence-corrected chi connectivity index (χ2v) is 18.3. The van der Waals surface area contributed by atoms with E-state index in [1.54, 1.807) is 0 Å². The van der Waals surface area contributed by atoms with Crippen LogP contribution in [0.25, 0.3) is 106 Å². The highest BCUT2D eigenvalue weighted by molar-refractivity contribution is 7.26. The summed E-state index contributed by atoms with van der Waals surface area (Å²) >= 11 is 3.84. The molecule has 1 fully saturated rings. The number of hydrogen-bond acceptors (Lipinski definition) is 2. The standard InChI is InChI=1S/C55H36S2/c1-4-26-47-43(16-1)52-44(25-13-27-48(52)55(47)30-7-8-31-55)51-37-19-9-17-33(39-21-11-23-41-35-14-2-5-28-49(35)56-53(39)41)45(37)32-46-34(18-10-20-38(46)51)40-22-12-24-42-36-15-3-6-29-50(36)57-54(40)42/h1-6,9-29,32H,7-8,30-31H2. The molecule has 2 aliphatic rings. The topological polar surface area (TPSA) is 0 Å². The van der Waals surface area contributed by atoms with Gasteiger partial charge < -0.3 is 0 Å². The zero-order chi connectivity index (χ0) is 37.2. The van der Waals surface area contributed by atoms with Gasteiger partial charge in [0.2, 0.25) is 0 Å². The van der Waals surface area contributed by atoms with E-state index in [4.69, 9.17) is 0 Å². The van der Waals surface area contributed by atoms with Crippen LogP contribution in [0, 0.1) is 0 Å². The Kier molecular flexibility index (Phi) is 6.74. The van der Waals surface area contributed by atoms with E-state index in [9.17, 15) is 0 Å². The molecular weight excluding hydrogens is 725 g/mol. The summed E-state index contributed by atoms with van der Waals surface area (Å²) < 4.78 is 5.39. The lowest BCUT2D eigenvalue weighted by molar-refractivity contribution is 0.550. The first-order valence-electron chi connectivity index (χ1n) is 20.3. The molecule has 13 rings (SSSR count). The third-order valence-corrected chi connectivity index (χ3v) is 15.9. The van der Waals surface area contributed by atoms with Crippen molar-refractivity contribution in [2.24, 2.45) is 0 Å². The highest BCUT2D eigenvalue weighted by atomic mass is 32.1. The average molecular weight is 761 g/mol. The third-order valence-electron chi connectivity index (χ3n) is 13.4. The van der Waals surface area contributed by atoms with E-state index in [0.717, 1.165) is 0 Å². The van der Waals surface area contributed by atoms with Gasteiger partial charge in [-0.05, 0) is 97.1 Å². The van der Waals surface area contributed by atoms with E-state index in [1.165, 1.54) is 143 Å². The second-order valence-electron chi connectivity index (χ2n) is 16.2. The molecule has 0 aliphatic heterocycles. The SMILES string of the molecule is c1ccc2c(c1)-c1c(-c3c4cccc(-c5cccc6c5sc5ccccc56)c4cc4c(-c5cccc6c5sc5ccccc56)cccc34)cccc1C21CCCC1. The summed E-state index contributed by atoms with van der Waals surface area (Å²) in [5.74, 6) is 0. The van der Waals surface area contributed by atoms with E-state index in [2.05, 4.69) is 170 Å². The van der Waals surface area contributed by atoms with Gasteiger partial charge in [-0.3, -0.25) is 0 Å². The Hall–Kier alpha value is -6.06. The van der Waals surface area contributed by atoms with Gasteiger partial charge in [-0.2, -0.15) is 0 Å². The molecule has 57 heavy (non-hydrogen) atoms. The number of rotatable bonds is 3. The van der Waals surface area contributed by atoms with Crippen molar-refractivity contribution in [3.63, 3.8) is 0 Å². The van der Waals surface area contributed by atoms with Gasteiger partial charge in [0.05, 0.1) is 0 Å². The molecule has 0 unspecified atom stereocenters. The summed E-state index contributed by atoms with van der Waals surface area (Å²) in [5.41, 5.74) is 13.9. The fourth-order valence-electron chi connectivity index (χ4n) is 11.1. The van der Waals surface area contributed by atoms with Gasteiger partial charge in [0.1, 0.15) is 0 Å². The van der Waals surface area contributed by atoms with Gasteiger partial charge in [0.15, 0.2) is 0 Å². The molecule has 11 aromatic rings. The van der Waals surface area contributed by atoms with Crippen molar-refractivity contribution < 1.29 is 0 Å². The normalized spacial score (nSPS) is 14.5. The van der Waals surface area contributed by atoms with Crippen LogP contribution in [-0.4, -0.2) is 0 Å². The minimum absolute atomic E-state index is 0.103. The summed E-state index contributed by atoms with van der Waals surface area (Å²) in [7, 11) is 0. The van der Waals surface area contributed by atoms with E-state index in [1.807, 2.05) is 22.7 Å². The van der Waals surface area contributed by atoms with Crippen molar-refractivity contribution in [2.45, 2.75) is 31.1 Å². The van der Waals surface area contributed by atoms with Gasteiger partial charge in [-0.15, -0.1) is 22.7 Å². The summed E-state index contributed by atoms with van der Waals surface area (Å²) in [6.07, 6.45) is 5.02. The Balaban J connectivity index is 1.18. The first kappa shape index (κ1) is 32.1. The Morgan fingerprint density at radius 2 is 0.754 bits per heavy atom. The molecule has 0 nitrogen and oxygen atoms in total. The molecule has 0 bridgehead atoms. The van der Waals surface area contributed by atoms with E-state index >= 15 is 0 Å². The number of hydrogen-bond donors (Lipinski definition) is 0. The predicted molar refractivity (Wildman–Crippen MR) is 248 cm³/mol. The maximum absolute atomic E-state index is 2.53. The van der Waals surface area contributed by atoms with Crippen LogP contribution in [0.5, 0.6) is 0 Å². The Labute approximate surface area is 339 Å². The van der Waals surface area contributed by atoms with Crippen molar-refractivity contribution in [2.75, 3.05) is 0 Å². The Bertz CT molecular complexity index is 3310. The first-order valence-corrected chi connectivity index (χ1v) is 21.9. The number of thiophene rings is 2. The molecule has 2 aromatic heterocycles. The molecule has 0 N–H and O–H groups in total. The van der Waals surface area contributed by atoms with Crippen LogP contribution >= 0.6 is 22.7 Å². The maximum Gasteiger partial charge on any atom is 0.0434 e. The molecule has 1 saturated carbocycles. The van der Waals surface area contributed by atoms with Gasteiger partial charge in [-0.1, -0.05) is 165 Å². The average Bonchev–Trinajstić information content (AvgIpc) is 4.06. The van der Waals surface area contributed by atoms with Crippen molar-refractivity contribution in [3.05, 3.63) is 181 Å².